The number of aliphatic imine (C=N–C) groups is 1. The Hall–Kier alpha value is -0.900. The molecule has 156 valence electrons. The molecular formula is C19H37IN6O. The normalized spacial score (nSPS) is 20.4. The quantitative estimate of drug-likeness (QED) is 0.253. The van der Waals surface area contributed by atoms with Crippen LogP contribution < -0.4 is 10.6 Å². The highest BCUT2D eigenvalue weighted by Gasteiger charge is 2.23. The smallest absolute Gasteiger partial charge is 0.191 e. The Labute approximate surface area is 181 Å². The summed E-state index contributed by atoms with van der Waals surface area (Å²) in [6.07, 6.45) is 5.32. The van der Waals surface area contributed by atoms with Gasteiger partial charge in [-0.2, -0.15) is 0 Å². The lowest BCUT2D eigenvalue weighted by Gasteiger charge is -2.31. The molecule has 1 saturated carbocycles. The molecule has 2 rings (SSSR count). The first kappa shape index (κ1) is 24.1. The Bertz CT molecular complexity index is 567. The fraction of sp³-hybridized carbons (Fsp3) is 0.842. The number of ether oxygens (including phenoxy) is 1. The maximum atomic E-state index is 5.13. The Balaban J connectivity index is 0.00000364. The summed E-state index contributed by atoms with van der Waals surface area (Å²) in [5, 5.41) is 15.1. The highest BCUT2D eigenvalue weighted by molar-refractivity contribution is 14.0. The van der Waals surface area contributed by atoms with Crippen LogP contribution in [0.5, 0.6) is 0 Å². The van der Waals surface area contributed by atoms with E-state index in [1.54, 1.807) is 7.11 Å². The van der Waals surface area contributed by atoms with Crippen LogP contribution in [0.1, 0.15) is 51.2 Å². The van der Waals surface area contributed by atoms with E-state index >= 15 is 0 Å². The summed E-state index contributed by atoms with van der Waals surface area (Å²) in [4.78, 5) is 4.68. The second kappa shape index (κ2) is 12.5. The lowest BCUT2D eigenvalue weighted by Crippen LogP contribution is -2.42. The van der Waals surface area contributed by atoms with Gasteiger partial charge in [0.2, 0.25) is 0 Å². The molecule has 0 atom stereocenters. The molecule has 0 aliphatic heterocycles. The molecule has 2 N–H and O–H groups in total. The fourth-order valence-corrected chi connectivity index (χ4v) is 3.48. The maximum Gasteiger partial charge on any atom is 0.191 e. The molecule has 7 nitrogen and oxygen atoms in total. The van der Waals surface area contributed by atoms with Crippen molar-refractivity contribution in [3.63, 3.8) is 0 Å². The van der Waals surface area contributed by atoms with E-state index in [9.17, 15) is 0 Å². The van der Waals surface area contributed by atoms with Gasteiger partial charge in [0.05, 0.1) is 6.61 Å². The van der Waals surface area contributed by atoms with Crippen molar-refractivity contribution < 1.29 is 4.74 Å². The van der Waals surface area contributed by atoms with Gasteiger partial charge in [-0.15, -0.1) is 34.2 Å². The fourth-order valence-electron chi connectivity index (χ4n) is 3.48. The van der Waals surface area contributed by atoms with E-state index in [2.05, 4.69) is 39.7 Å². The van der Waals surface area contributed by atoms with Gasteiger partial charge in [0, 0.05) is 27.2 Å². The lowest BCUT2D eigenvalue weighted by atomic mass is 9.77. The monoisotopic (exact) mass is 492 g/mol. The summed E-state index contributed by atoms with van der Waals surface area (Å²) in [6.45, 7) is 9.53. The minimum absolute atomic E-state index is 0. The van der Waals surface area contributed by atoms with Crippen LogP contribution in [0.25, 0.3) is 0 Å². The van der Waals surface area contributed by atoms with E-state index < -0.39 is 0 Å². The predicted molar refractivity (Wildman–Crippen MR) is 120 cm³/mol. The molecule has 1 aliphatic carbocycles. The van der Waals surface area contributed by atoms with Crippen LogP contribution in [0.4, 0.5) is 0 Å². The second-order valence-electron chi connectivity index (χ2n) is 7.71. The minimum atomic E-state index is 0. The molecule has 1 fully saturated rings. The molecule has 0 saturated heterocycles. The van der Waals surface area contributed by atoms with Gasteiger partial charge in [0.15, 0.2) is 11.8 Å². The maximum absolute atomic E-state index is 5.13. The van der Waals surface area contributed by atoms with Crippen molar-refractivity contribution in [2.75, 3.05) is 26.8 Å². The van der Waals surface area contributed by atoms with Crippen LogP contribution in [0.15, 0.2) is 4.99 Å². The van der Waals surface area contributed by atoms with Crippen LogP contribution in [0.2, 0.25) is 0 Å². The van der Waals surface area contributed by atoms with Gasteiger partial charge in [-0.05, 0) is 50.4 Å². The molecular weight excluding hydrogens is 455 g/mol. The molecule has 0 radical (unpaired) electrons. The summed E-state index contributed by atoms with van der Waals surface area (Å²) in [5.41, 5.74) is 0. The van der Waals surface area contributed by atoms with Gasteiger partial charge in [-0.25, -0.2) is 4.99 Å². The van der Waals surface area contributed by atoms with Gasteiger partial charge < -0.3 is 19.9 Å². The first-order valence-electron chi connectivity index (χ1n) is 9.87. The Morgan fingerprint density at radius 2 is 1.93 bits per heavy atom. The average Bonchev–Trinajstić information content (AvgIpc) is 2.96. The Kier molecular flexibility index (Phi) is 11.2. The number of nitrogens with zero attached hydrogens (tertiary/aromatic N) is 4. The number of hydrogen-bond acceptors (Lipinski definition) is 4. The molecule has 0 unspecified atom stereocenters. The Morgan fingerprint density at radius 1 is 1.22 bits per heavy atom. The third-order valence-electron chi connectivity index (χ3n) is 5.55. The number of nitrogens with one attached hydrogen (secondary N) is 2. The number of aryl methyl sites for hydroxylation is 1. The largest absolute Gasteiger partial charge is 0.383 e. The zero-order valence-corrected chi connectivity index (χ0v) is 19.8. The van der Waals surface area contributed by atoms with Crippen molar-refractivity contribution in [1.29, 1.82) is 0 Å². The van der Waals surface area contributed by atoms with E-state index in [0.29, 0.717) is 13.2 Å². The van der Waals surface area contributed by atoms with Gasteiger partial charge in [-0.3, -0.25) is 0 Å². The van der Waals surface area contributed by atoms with Gasteiger partial charge in [-0.1, -0.05) is 13.8 Å². The van der Waals surface area contributed by atoms with Crippen molar-refractivity contribution in [2.24, 2.45) is 29.8 Å². The molecule has 0 bridgehead atoms. The number of aromatic nitrogens is 3. The number of rotatable bonds is 8. The predicted octanol–water partition coefficient (Wildman–Crippen LogP) is 2.89. The second-order valence-corrected chi connectivity index (χ2v) is 7.71. The number of hydrogen-bond donors (Lipinski definition) is 2. The van der Waals surface area contributed by atoms with Crippen molar-refractivity contribution in [2.45, 2.75) is 53.0 Å². The highest BCUT2D eigenvalue weighted by Crippen LogP contribution is 2.32. The van der Waals surface area contributed by atoms with Gasteiger partial charge in [0.1, 0.15) is 12.4 Å². The number of guanidine groups is 1. The molecule has 1 aliphatic rings. The van der Waals surface area contributed by atoms with E-state index in [0.717, 1.165) is 48.5 Å². The van der Waals surface area contributed by atoms with Crippen LogP contribution in [0.3, 0.4) is 0 Å². The van der Waals surface area contributed by atoms with Crippen LogP contribution in [-0.4, -0.2) is 47.5 Å². The molecule has 8 heteroatoms. The van der Waals surface area contributed by atoms with Crippen molar-refractivity contribution >= 4 is 29.9 Å². The molecule has 1 aromatic rings. The van der Waals surface area contributed by atoms with Crippen LogP contribution in [0, 0.1) is 24.7 Å². The van der Waals surface area contributed by atoms with Crippen LogP contribution >= 0.6 is 24.0 Å². The van der Waals surface area contributed by atoms with E-state index in [1.807, 2.05) is 18.5 Å². The zero-order valence-electron chi connectivity index (χ0n) is 17.5. The zero-order chi connectivity index (χ0) is 18.9. The summed E-state index contributed by atoms with van der Waals surface area (Å²) in [7, 11) is 3.68. The van der Waals surface area contributed by atoms with Crippen LogP contribution in [-0.2, 0) is 18.3 Å². The van der Waals surface area contributed by atoms with E-state index in [4.69, 9.17) is 4.74 Å². The van der Waals surface area contributed by atoms with Crippen molar-refractivity contribution in [3.8, 4) is 0 Å². The van der Waals surface area contributed by atoms with Crippen molar-refractivity contribution in [1.82, 2.24) is 25.4 Å². The third kappa shape index (κ3) is 7.93. The average molecular weight is 492 g/mol. The summed E-state index contributed by atoms with van der Waals surface area (Å²) < 4.78 is 7.11. The number of halogens is 1. The van der Waals surface area contributed by atoms with E-state index in [1.165, 1.54) is 25.7 Å². The first-order valence-corrected chi connectivity index (χ1v) is 9.87. The molecule has 0 aromatic carbocycles. The van der Waals surface area contributed by atoms with Gasteiger partial charge in [0.25, 0.3) is 0 Å². The molecule has 0 spiro atoms. The van der Waals surface area contributed by atoms with E-state index in [-0.39, 0.29) is 24.0 Å². The van der Waals surface area contributed by atoms with Crippen molar-refractivity contribution in [3.05, 3.63) is 11.6 Å². The molecule has 1 heterocycles. The third-order valence-corrected chi connectivity index (χ3v) is 5.55. The SMILES string of the molecule is COCCNC(=NCc1nnc(C)n1C)NCC1CCC(C(C)C)CC1.I. The molecule has 27 heavy (non-hydrogen) atoms. The number of methoxy groups -OCH3 is 1. The first-order chi connectivity index (χ1) is 12.5. The lowest BCUT2D eigenvalue weighted by molar-refractivity contribution is 0.203. The summed E-state index contributed by atoms with van der Waals surface area (Å²) in [6, 6.07) is 0. The summed E-state index contributed by atoms with van der Waals surface area (Å²) in [5.74, 6) is 5.04. The molecule has 0 amide bonds. The topological polar surface area (TPSA) is 76.4 Å². The molecule has 1 aromatic heterocycles. The highest BCUT2D eigenvalue weighted by atomic mass is 127. The minimum Gasteiger partial charge on any atom is -0.383 e. The summed E-state index contributed by atoms with van der Waals surface area (Å²) >= 11 is 0. The Morgan fingerprint density at radius 3 is 2.48 bits per heavy atom. The van der Waals surface area contributed by atoms with Gasteiger partial charge >= 0.3 is 0 Å². The standard InChI is InChI=1S/C19H36N6O.HI/c1-14(2)17-8-6-16(7-9-17)12-21-19(20-10-11-26-5)22-13-18-24-23-15(3)25(18)4;/h14,16-17H,6-13H2,1-5H3,(H2,20,21,22);1H.